The third-order valence-electron chi connectivity index (χ3n) is 4.01. The average molecular weight is 381 g/mol. The summed E-state index contributed by atoms with van der Waals surface area (Å²) in [5.41, 5.74) is 0.978. The first-order valence-electron chi connectivity index (χ1n) is 6.79. The van der Waals surface area contributed by atoms with Crippen LogP contribution in [-0.2, 0) is 10.0 Å². The Kier molecular flexibility index (Phi) is 5.29. The van der Waals surface area contributed by atoms with Crippen molar-refractivity contribution in [2.75, 3.05) is 20.1 Å². The van der Waals surface area contributed by atoms with Gasteiger partial charge in [0.2, 0.25) is 0 Å². The van der Waals surface area contributed by atoms with Crippen molar-refractivity contribution in [3.63, 3.8) is 0 Å². The van der Waals surface area contributed by atoms with Gasteiger partial charge in [0.1, 0.15) is 4.21 Å². The second-order valence-corrected chi connectivity index (χ2v) is 9.90. The first-order chi connectivity index (χ1) is 9.36. The fourth-order valence-electron chi connectivity index (χ4n) is 2.52. The molecule has 1 fully saturated rings. The van der Waals surface area contributed by atoms with Crippen molar-refractivity contribution in [3.8, 4) is 0 Å². The van der Waals surface area contributed by atoms with Gasteiger partial charge < -0.3 is 5.32 Å². The second-order valence-electron chi connectivity index (χ2n) is 5.36. The van der Waals surface area contributed by atoms with Gasteiger partial charge in [0.15, 0.2) is 0 Å². The monoisotopic (exact) mass is 380 g/mol. The van der Waals surface area contributed by atoms with Crippen molar-refractivity contribution >= 4 is 37.3 Å². The van der Waals surface area contributed by atoms with E-state index in [2.05, 4.69) is 28.2 Å². The van der Waals surface area contributed by atoms with Crippen LogP contribution < -0.4 is 5.32 Å². The van der Waals surface area contributed by atoms with Crippen LogP contribution in [0, 0.1) is 12.8 Å². The number of hydrogen-bond acceptors (Lipinski definition) is 4. The van der Waals surface area contributed by atoms with Crippen LogP contribution >= 0.6 is 27.3 Å². The van der Waals surface area contributed by atoms with Crippen LogP contribution in [0.15, 0.2) is 14.1 Å². The van der Waals surface area contributed by atoms with Crippen molar-refractivity contribution < 1.29 is 8.42 Å². The molecule has 2 rings (SSSR count). The molecule has 0 aliphatic carbocycles. The fraction of sp³-hybridized carbons (Fsp3) is 0.692. The minimum atomic E-state index is -3.34. The highest BCUT2D eigenvalue weighted by Gasteiger charge is 2.33. The molecule has 2 unspecified atom stereocenters. The number of halogens is 1. The number of aryl methyl sites for hydroxylation is 1. The lowest BCUT2D eigenvalue weighted by Crippen LogP contribution is -2.45. The van der Waals surface area contributed by atoms with Crippen molar-refractivity contribution in [2.24, 2.45) is 5.92 Å². The lowest BCUT2D eigenvalue weighted by molar-refractivity contribution is 0.229. The Morgan fingerprint density at radius 1 is 1.55 bits per heavy atom. The highest BCUT2D eigenvalue weighted by atomic mass is 79.9. The van der Waals surface area contributed by atoms with Gasteiger partial charge in [-0.15, -0.1) is 11.3 Å². The zero-order valence-electron chi connectivity index (χ0n) is 12.0. The maximum absolute atomic E-state index is 12.7. The third kappa shape index (κ3) is 3.27. The van der Waals surface area contributed by atoms with Crippen LogP contribution in [0.2, 0.25) is 0 Å². The van der Waals surface area contributed by atoms with Crippen LogP contribution in [0.5, 0.6) is 0 Å². The summed E-state index contributed by atoms with van der Waals surface area (Å²) in [6.45, 7) is 5.27. The van der Waals surface area contributed by atoms with Gasteiger partial charge in [0, 0.05) is 19.1 Å². The Labute approximate surface area is 133 Å². The zero-order valence-corrected chi connectivity index (χ0v) is 15.2. The minimum Gasteiger partial charge on any atom is -0.317 e. The summed E-state index contributed by atoms with van der Waals surface area (Å²) in [6.07, 6.45) is 2.02. The van der Waals surface area contributed by atoms with Crippen molar-refractivity contribution in [2.45, 2.75) is 36.9 Å². The van der Waals surface area contributed by atoms with E-state index < -0.39 is 10.0 Å². The van der Waals surface area contributed by atoms with Gasteiger partial charge in [-0.1, -0.05) is 0 Å². The van der Waals surface area contributed by atoms with Gasteiger partial charge in [0.05, 0.1) is 3.79 Å². The van der Waals surface area contributed by atoms with E-state index >= 15 is 0 Å². The molecule has 20 heavy (non-hydrogen) atoms. The highest BCUT2D eigenvalue weighted by Crippen LogP contribution is 2.34. The molecule has 1 aliphatic heterocycles. The standard InChI is InChI=1S/C13H21BrN2O2S2/c1-9-7-12(19-13(9)14)20(17,18)16-6-4-5-11(8-16)10(2)15-3/h7,10-11,15H,4-6,8H2,1-3H3. The number of piperidine rings is 1. The Morgan fingerprint density at radius 2 is 2.25 bits per heavy atom. The minimum absolute atomic E-state index is 0.338. The summed E-state index contributed by atoms with van der Waals surface area (Å²) in [7, 11) is -1.42. The number of rotatable bonds is 4. The molecule has 0 spiro atoms. The first kappa shape index (κ1) is 16.4. The van der Waals surface area contributed by atoms with Crippen molar-refractivity contribution in [3.05, 3.63) is 15.4 Å². The molecule has 1 aromatic heterocycles. The van der Waals surface area contributed by atoms with Gasteiger partial charge in [-0.3, -0.25) is 0 Å². The number of nitrogens with zero attached hydrogens (tertiary/aromatic N) is 1. The lowest BCUT2D eigenvalue weighted by Gasteiger charge is -2.34. The fourth-order valence-corrected chi connectivity index (χ4v) is 6.44. The summed E-state index contributed by atoms with van der Waals surface area (Å²) < 4.78 is 28.4. The summed E-state index contributed by atoms with van der Waals surface area (Å²) in [4.78, 5) is 0. The van der Waals surface area contributed by atoms with Crippen LogP contribution in [0.1, 0.15) is 25.3 Å². The van der Waals surface area contributed by atoms with Crippen LogP contribution in [-0.4, -0.2) is 38.9 Å². The van der Waals surface area contributed by atoms with Crippen LogP contribution in [0.4, 0.5) is 0 Å². The Bertz CT molecular complexity index is 551. The predicted octanol–water partition coefficient (Wildman–Crippen LogP) is 2.83. The van der Waals surface area contributed by atoms with E-state index in [4.69, 9.17) is 0 Å². The summed E-state index contributed by atoms with van der Waals surface area (Å²) >= 11 is 4.71. The molecule has 2 heterocycles. The number of sulfonamides is 1. The average Bonchev–Trinajstić information content (AvgIpc) is 2.78. The largest absolute Gasteiger partial charge is 0.317 e. The molecule has 0 amide bonds. The molecule has 1 aromatic rings. The van der Waals surface area contributed by atoms with Gasteiger partial charge >= 0.3 is 0 Å². The van der Waals surface area contributed by atoms with Crippen molar-refractivity contribution in [1.82, 2.24) is 9.62 Å². The molecule has 7 heteroatoms. The van der Waals surface area contributed by atoms with Gasteiger partial charge in [-0.05, 0) is 67.2 Å². The molecule has 0 bridgehead atoms. The SMILES string of the molecule is CNC(C)C1CCCN(S(=O)(=O)c2cc(C)c(Br)s2)C1. The molecule has 0 aromatic carbocycles. The molecule has 1 aliphatic rings. The zero-order chi connectivity index (χ0) is 14.9. The first-order valence-corrected chi connectivity index (χ1v) is 9.84. The Balaban J connectivity index is 2.21. The number of thiophene rings is 1. The predicted molar refractivity (Wildman–Crippen MR) is 86.8 cm³/mol. The maximum atomic E-state index is 12.7. The smallest absolute Gasteiger partial charge is 0.252 e. The molecule has 4 nitrogen and oxygen atoms in total. The topological polar surface area (TPSA) is 49.4 Å². The Hall–Kier alpha value is 0.0500. The normalized spacial score (nSPS) is 22.9. The number of nitrogens with one attached hydrogen (secondary N) is 1. The van der Waals surface area contributed by atoms with Crippen LogP contribution in [0.25, 0.3) is 0 Å². The van der Waals surface area contributed by atoms with Gasteiger partial charge in [-0.25, -0.2) is 8.42 Å². The molecular weight excluding hydrogens is 360 g/mol. The van der Waals surface area contributed by atoms with E-state index in [-0.39, 0.29) is 0 Å². The summed E-state index contributed by atoms with van der Waals surface area (Å²) in [6, 6.07) is 2.10. The van der Waals surface area contributed by atoms with Crippen molar-refractivity contribution in [1.29, 1.82) is 0 Å². The lowest BCUT2D eigenvalue weighted by atomic mass is 9.93. The molecular formula is C13H21BrN2O2S2. The quantitative estimate of drug-likeness (QED) is 0.873. The molecule has 114 valence electrons. The van der Waals surface area contributed by atoms with E-state index in [0.717, 1.165) is 22.2 Å². The van der Waals surface area contributed by atoms with E-state index in [1.807, 2.05) is 14.0 Å². The Morgan fingerprint density at radius 3 is 2.80 bits per heavy atom. The summed E-state index contributed by atoms with van der Waals surface area (Å²) in [5, 5.41) is 3.23. The van der Waals surface area contributed by atoms with E-state index in [1.165, 1.54) is 11.3 Å². The van der Waals surface area contributed by atoms with Crippen LogP contribution in [0.3, 0.4) is 0 Å². The number of hydrogen-bond donors (Lipinski definition) is 1. The third-order valence-corrected chi connectivity index (χ3v) is 8.46. The summed E-state index contributed by atoms with van der Waals surface area (Å²) in [5.74, 6) is 0.382. The van der Waals surface area contributed by atoms with E-state index in [9.17, 15) is 8.42 Å². The second kappa shape index (κ2) is 6.44. The van der Waals surface area contributed by atoms with E-state index in [0.29, 0.717) is 29.3 Å². The molecule has 0 saturated carbocycles. The maximum Gasteiger partial charge on any atom is 0.252 e. The molecule has 0 radical (unpaired) electrons. The molecule has 1 N–H and O–H groups in total. The van der Waals surface area contributed by atoms with Gasteiger partial charge in [0.25, 0.3) is 10.0 Å². The van der Waals surface area contributed by atoms with E-state index in [1.54, 1.807) is 10.4 Å². The highest BCUT2D eigenvalue weighted by molar-refractivity contribution is 9.11. The molecule has 1 saturated heterocycles. The van der Waals surface area contributed by atoms with Gasteiger partial charge in [-0.2, -0.15) is 4.31 Å². The molecule has 2 atom stereocenters.